The first-order chi connectivity index (χ1) is 5.11. The van der Waals surface area contributed by atoms with Crippen molar-refractivity contribution in [1.29, 1.82) is 0 Å². The maximum Gasteiger partial charge on any atom is 0.0815 e. The maximum absolute atomic E-state index is 5.20. The Morgan fingerprint density at radius 3 is 2.09 bits per heavy atom. The Hall–Kier alpha value is -0.0800. The second-order valence-electron chi connectivity index (χ2n) is 3.69. The molecule has 0 heterocycles. The molecule has 2 unspecified atom stereocenters. The van der Waals surface area contributed by atoms with Crippen molar-refractivity contribution < 1.29 is 4.84 Å². The minimum Gasteiger partial charge on any atom is -0.301 e. The van der Waals surface area contributed by atoms with E-state index >= 15 is 0 Å². The first kappa shape index (κ1) is 10.9. The molecule has 2 atom stereocenters. The summed E-state index contributed by atoms with van der Waals surface area (Å²) in [5, 5.41) is 0. The van der Waals surface area contributed by atoms with Gasteiger partial charge < -0.3 is 4.84 Å². The van der Waals surface area contributed by atoms with Crippen LogP contribution in [0, 0.1) is 11.8 Å². The van der Waals surface area contributed by atoms with E-state index < -0.39 is 0 Å². The summed E-state index contributed by atoms with van der Waals surface area (Å²) in [5.74, 6) is 6.43. The third kappa shape index (κ3) is 4.38. The first-order valence-electron chi connectivity index (χ1n) is 4.47. The largest absolute Gasteiger partial charge is 0.301 e. The van der Waals surface area contributed by atoms with E-state index in [0.29, 0.717) is 11.8 Å². The van der Waals surface area contributed by atoms with Crippen LogP contribution in [-0.2, 0) is 4.84 Å². The molecule has 0 aromatic carbocycles. The summed E-state index contributed by atoms with van der Waals surface area (Å²) in [6.45, 7) is 8.72. The smallest absolute Gasteiger partial charge is 0.0815 e. The van der Waals surface area contributed by atoms with Crippen molar-refractivity contribution >= 4 is 0 Å². The van der Waals surface area contributed by atoms with Crippen LogP contribution in [0.2, 0.25) is 0 Å². The molecule has 11 heavy (non-hydrogen) atoms. The van der Waals surface area contributed by atoms with E-state index in [1.807, 2.05) is 0 Å². The summed E-state index contributed by atoms with van der Waals surface area (Å²) in [4.78, 5) is 4.91. The number of nitrogens with two attached hydrogens (primary N) is 1. The fourth-order valence-corrected chi connectivity index (χ4v) is 1.15. The monoisotopic (exact) mass is 159 g/mol. The Balaban J connectivity index is 3.74. The number of hydrogen-bond donors (Lipinski definition) is 1. The van der Waals surface area contributed by atoms with E-state index in [4.69, 9.17) is 10.7 Å². The van der Waals surface area contributed by atoms with Crippen LogP contribution in [0.1, 0.15) is 40.5 Å². The molecule has 0 fully saturated rings. The molecule has 0 aliphatic heterocycles. The lowest BCUT2D eigenvalue weighted by molar-refractivity contribution is 0.00188. The highest BCUT2D eigenvalue weighted by molar-refractivity contribution is 4.65. The highest BCUT2D eigenvalue weighted by Crippen LogP contribution is 2.17. The van der Waals surface area contributed by atoms with Gasteiger partial charge in [-0.1, -0.05) is 34.1 Å². The van der Waals surface area contributed by atoms with Gasteiger partial charge in [0, 0.05) is 0 Å². The Bertz CT molecular complexity index is 93.6. The molecule has 0 aliphatic carbocycles. The summed E-state index contributed by atoms with van der Waals surface area (Å²) in [7, 11) is 0. The molecule has 0 aliphatic rings. The molecule has 0 amide bonds. The van der Waals surface area contributed by atoms with Crippen molar-refractivity contribution in [3.63, 3.8) is 0 Å². The lowest BCUT2D eigenvalue weighted by Crippen LogP contribution is -2.26. The zero-order valence-corrected chi connectivity index (χ0v) is 8.13. The SMILES string of the molecule is CCC(C)C(CC(C)C)ON. The van der Waals surface area contributed by atoms with Crippen molar-refractivity contribution in [1.82, 2.24) is 0 Å². The van der Waals surface area contributed by atoms with Crippen LogP contribution in [-0.4, -0.2) is 6.10 Å². The summed E-state index contributed by atoms with van der Waals surface area (Å²) in [5.41, 5.74) is 0. The summed E-state index contributed by atoms with van der Waals surface area (Å²) in [6, 6.07) is 0. The van der Waals surface area contributed by atoms with Gasteiger partial charge in [0.2, 0.25) is 0 Å². The van der Waals surface area contributed by atoms with Crippen molar-refractivity contribution in [2.75, 3.05) is 0 Å². The first-order valence-corrected chi connectivity index (χ1v) is 4.47. The topological polar surface area (TPSA) is 35.2 Å². The fourth-order valence-electron chi connectivity index (χ4n) is 1.15. The molecular formula is C9H21NO. The lowest BCUT2D eigenvalue weighted by atomic mass is 9.94. The molecule has 0 rings (SSSR count). The van der Waals surface area contributed by atoms with Crippen LogP contribution in [0.15, 0.2) is 0 Å². The number of rotatable bonds is 5. The van der Waals surface area contributed by atoms with Crippen LogP contribution in [0.5, 0.6) is 0 Å². The molecule has 2 N–H and O–H groups in total. The van der Waals surface area contributed by atoms with Crippen LogP contribution >= 0.6 is 0 Å². The third-order valence-corrected chi connectivity index (χ3v) is 2.16. The van der Waals surface area contributed by atoms with Gasteiger partial charge in [0.1, 0.15) is 0 Å². The van der Waals surface area contributed by atoms with Crippen molar-refractivity contribution in [2.24, 2.45) is 17.7 Å². The molecule has 0 saturated carbocycles. The molecular weight excluding hydrogens is 138 g/mol. The third-order valence-electron chi connectivity index (χ3n) is 2.16. The van der Waals surface area contributed by atoms with E-state index in [2.05, 4.69) is 27.7 Å². The van der Waals surface area contributed by atoms with Crippen LogP contribution < -0.4 is 5.90 Å². The van der Waals surface area contributed by atoms with E-state index in [0.717, 1.165) is 12.8 Å². The highest BCUT2D eigenvalue weighted by atomic mass is 16.6. The number of hydrogen-bond acceptors (Lipinski definition) is 2. The quantitative estimate of drug-likeness (QED) is 0.625. The zero-order valence-electron chi connectivity index (χ0n) is 8.13. The molecule has 0 aromatic rings. The molecule has 0 saturated heterocycles. The Morgan fingerprint density at radius 1 is 1.27 bits per heavy atom. The lowest BCUT2D eigenvalue weighted by Gasteiger charge is -2.21. The molecule has 0 aromatic heterocycles. The van der Waals surface area contributed by atoms with E-state index in [1.54, 1.807) is 0 Å². The van der Waals surface area contributed by atoms with Gasteiger partial charge in [0.15, 0.2) is 0 Å². The molecule has 0 spiro atoms. The average Bonchev–Trinajstić information content (AvgIpc) is 1.98. The normalized spacial score (nSPS) is 16.9. The zero-order chi connectivity index (χ0) is 8.85. The van der Waals surface area contributed by atoms with E-state index in [9.17, 15) is 0 Å². The van der Waals surface area contributed by atoms with E-state index in [-0.39, 0.29) is 6.10 Å². The van der Waals surface area contributed by atoms with Gasteiger partial charge in [-0.05, 0) is 18.3 Å². The minimum absolute atomic E-state index is 0.236. The summed E-state index contributed by atoms with van der Waals surface area (Å²) >= 11 is 0. The van der Waals surface area contributed by atoms with Gasteiger partial charge in [-0.25, -0.2) is 5.90 Å². The van der Waals surface area contributed by atoms with Crippen molar-refractivity contribution in [3.8, 4) is 0 Å². The van der Waals surface area contributed by atoms with Gasteiger partial charge in [0.05, 0.1) is 6.10 Å². The van der Waals surface area contributed by atoms with Gasteiger partial charge >= 0.3 is 0 Å². The fraction of sp³-hybridized carbons (Fsp3) is 1.00. The van der Waals surface area contributed by atoms with Gasteiger partial charge in [0.25, 0.3) is 0 Å². The van der Waals surface area contributed by atoms with Gasteiger partial charge in [-0.2, -0.15) is 0 Å². The van der Waals surface area contributed by atoms with Crippen molar-refractivity contribution in [3.05, 3.63) is 0 Å². The predicted octanol–water partition coefficient (Wildman–Crippen LogP) is 2.34. The summed E-state index contributed by atoms with van der Waals surface area (Å²) in [6.07, 6.45) is 2.43. The molecule has 0 radical (unpaired) electrons. The Morgan fingerprint density at radius 2 is 1.82 bits per heavy atom. The Labute approximate surface area is 70.1 Å². The minimum atomic E-state index is 0.236. The predicted molar refractivity (Wildman–Crippen MR) is 48.0 cm³/mol. The average molecular weight is 159 g/mol. The molecule has 2 nitrogen and oxygen atoms in total. The maximum atomic E-state index is 5.20. The second kappa shape index (κ2) is 5.56. The Kier molecular flexibility index (Phi) is 5.51. The van der Waals surface area contributed by atoms with Crippen LogP contribution in [0.25, 0.3) is 0 Å². The molecule has 68 valence electrons. The molecule has 0 bridgehead atoms. The highest BCUT2D eigenvalue weighted by Gasteiger charge is 2.16. The second-order valence-corrected chi connectivity index (χ2v) is 3.69. The van der Waals surface area contributed by atoms with Crippen LogP contribution in [0.4, 0.5) is 0 Å². The van der Waals surface area contributed by atoms with Gasteiger partial charge in [-0.15, -0.1) is 0 Å². The van der Waals surface area contributed by atoms with Crippen molar-refractivity contribution in [2.45, 2.75) is 46.6 Å². The van der Waals surface area contributed by atoms with Gasteiger partial charge in [-0.3, -0.25) is 0 Å². The van der Waals surface area contributed by atoms with Crippen LogP contribution in [0.3, 0.4) is 0 Å². The summed E-state index contributed by atoms with van der Waals surface area (Å²) < 4.78 is 0. The standard InChI is InChI=1S/C9H21NO/c1-5-8(4)9(11-10)6-7(2)3/h7-9H,5-6,10H2,1-4H3. The van der Waals surface area contributed by atoms with E-state index in [1.165, 1.54) is 0 Å². The molecule has 2 heteroatoms.